The molecule has 0 aromatic heterocycles. The summed E-state index contributed by atoms with van der Waals surface area (Å²) in [5, 5.41) is 7.59. The number of nitrogens with one attached hydrogen (secondary N) is 2. The molecule has 5 heteroatoms. The van der Waals surface area contributed by atoms with E-state index in [9.17, 15) is 0 Å². The van der Waals surface area contributed by atoms with Crippen LogP contribution in [0.25, 0.3) is 0 Å². The number of anilines is 1. The molecule has 2 N–H and O–H groups in total. The number of ether oxygens (including phenoxy) is 1. The van der Waals surface area contributed by atoms with Crippen LogP contribution < -0.4 is 15.4 Å². The summed E-state index contributed by atoms with van der Waals surface area (Å²) in [6, 6.07) is 5.42. The number of unbranched alkanes of at least 4 members (excludes halogenated alkanes) is 5. The van der Waals surface area contributed by atoms with E-state index in [4.69, 9.17) is 28.6 Å². The molecule has 3 nitrogen and oxygen atoms in total. The van der Waals surface area contributed by atoms with Gasteiger partial charge in [-0.05, 0) is 36.8 Å². The van der Waals surface area contributed by atoms with E-state index in [1.165, 1.54) is 32.1 Å². The number of rotatable bonds is 9. The zero-order valence-corrected chi connectivity index (χ0v) is 14.4. The zero-order valence-electron chi connectivity index (χ0n) is 12.9. The first-order chi connectivity index (χ1) is 10.2. The average molecular weight is 329 g/mol. The first kappa shape index (κ1) is 18.1. The highest BCUT2D eigenvalue weighted by Gasteiger charge is 2.05. The average Bonchev–Trinajstić information content (AvgIpc) is 2.46. The monoisotopic (exact) mass is 328 g/mol. The molecule has 0 aliphatic heterocycles. The standard InChI is InChI=1S/C16H25ClN2OS/c1-3-4-5-6-7-8-11-18-16(21)19-14-12-13(17)9-10-15(14)20-2/h9-10,12H,3-8,11H2,1-2H3,(H2,18,19,21). The topological polar surface area (TPSA) is 33.3 Å². The summed E-state index contributed by atoms with van der Waals surface area (Å²) in [4.78, 5) is 0. The molecule has 0 saturated carbocycles. The summed E-state index contributed by atoms with van der Waals surface area (Å²) in [5.74, 6) is 0.725. The maximum absolute atomic E-state index is 5.99. The van der Waals surface area contributed by atoms with E-state index in [2.05, 4.69) is 17.6 Å². The third-order valence-corrected chi connectivity index (χ3v) is 3.71. The minimum Gasteiger partial charge on any atom is -0.495 e. The highest BCUT2D eigenvalue weighted by molar-refractivity contribution is 7.80. The Bertz CT molecular complexity index is 440. The Morgan fingerprint density at radius 2 is 1.90 bits per heavy atom. The Kier molecular flexibility index (Phi) is 9.19. The van der Waals surface area contributed by atoms with Crippen molar-refractivity contribution >= 4 is 34.6 Å². The predicted molar refractivity (Wildman–Crippen MR) is 95.6 cm³/mol. The molecule has 21 heavy (non-hydrogen) atoms. The lowest BCUT2D eigenvalue weighted by molar-refractivity contribution is 0.417. The van der Waals surface area contributed by atoms with Gasteiger partial charge in [0, 0.05) is 11.6 Å². The molecule has 0 spiro atoms. The van der Waals surface area contributed by atoms with Crippen molar-refractivity contribution in [3.8, 4) is 5.75 Å². The quantitative estimate of drug-likeness (QED) is 0.494. The van der Waals surface area contributed by atoms with Gasteiger partial charge in [0.15, 0.2) is 5.11 Å². The third-order valence-electron chi connectivity index (χ3n) is 3.23. The number of methoxy groups -OCH3 is 1. The second-order valence-electron chi connectivity index (χ2n) is 4.99. The molecule has 0 atom stereocenters. The van der Waals surface area contributed by atoms with E-state index in [1.54, 1.807) is 19.2 Å². The van der Waals surface area contributed by atoms with Crippen LogP contribution in [0.5, 0.6) is 5.75 Å². The van der Waals surface area contributed by atoms with Crippen molar-refractivity contribution in [2.45, 2.75) is 45.4 Å². The summed E-state index contributed by atoms with van der Waals surface area (Å²) >= 11 is 11.3. The van der Waals surface area contributed by atoms with Gasteiger partial charge in [-0.2, -0.15) is 0 Å². The fourth-order valence-corrected chi connectivity index (χ4v) is 2.44. The van der Waals surface area contributed by atoms with Crippen molar-refractivity contribution in [1.82, 2.24) is 5.32 Å². The van der Waals surface area contributed by atoms with E-state index >= 15 is 0 Å². The van der Waals surface area contributed by atoms with Crippen molar-refractivity contribution < 1.29 is 4.74 Å². The second kappa shape index (κ2) is 10.7. The SMILES string of the molecule is CCCCCCCCNC(=S)Nc1cc(Cl)ccc1OC. The highest BCUT2D eigenvalue weighted by atomic mass is 35.5. The molecule has 0 radical (unpaired) electrons. The van der Waals surface area contributed by atoms with Gasteiger partial charge in [-0.1, -0.05) is 50.6 Å². The van der Waals surface area contributed by atoms with Crippen LogP contribution >= 0.6 is 23.8 Å². The Morgan fingerprint density at radius 1 is 1.19 bits per heavy atom. The lowest BCUT2D eigenvalue weighted by Gasteiger charge is -2.13. The van der Waals surface area contributed by atoms with E-state index < -0.39 is 0 Å². The van der Waals surface area contributed by atoms with Gasteiger partial charge in [0.05, 0.1) is 12.8 Å². The van der Waals surface area contributed by atoms with Crippen LogP contribution in [0.4, 0.5) is 5.69 Å². The molecule has 0 fully saturated rings. The molecule has 1 aromatic carbocycles. The van der Waals surface area contributed by atoms with Gasteiger partial charge in [-0.3, -0.25) is 0 Å². The number of halogens is 1. The summed E-state index contributed by atoms with van der Waals surface area (Å²) in [6.07, 6.45) is 7.64. The molecule has 0 bridgehead atoms. The van der Waals surface area contributed by atoms with Crippen LogP contribution in [-0.4, -0.2) is 18.8 Å². The number of hydrogen-bond acceptors (Lipinski definition) is 2. The lowest BCUT2D eigenvalue weighted by atomic mass is 10.1. The van der Waals surface area contributed by atoms with Crippen molar-refractivity contribution in [3.05, 3.63) is 23.2 Å². The van der Waals surface area contributed by atoms with Gasteiger partial charge < -0.3 is 15.4 Å². The maximum Gasteiger partial charge on any atom is 0.170 e. The lowest BCUT2D eigenvalue weighted by Crippen LogP contribution is -2.29. The molecule has 1 aromatic rings. The third kappa shape index (κ3) is 7.53. The van der Waals surface area contributed by atoms with E-state index in [-0.39, 0.29) is 0 Å². The molecular formula is C16H25ClN2OS. The largest absolute Gasteiger partial charge is 0.495 e. The number of benzene rings is 1. The van der Waals surface area contributed by atoms with Crippen LogP contribution in [0.1, 0.15) is 45.4 Å². The number of hydrogen-bond donors (Lipinski definition) is 2. The fourth-order valence-electron chi connectivity index (χ4n) is 2.05. The Balaban J connectivity index is 2.26. The Labute approximate surface area is 138 Å². The molecule has 0 aliphatic carbocycles. The van der Waals surface area contributed by atoms with Gasteiger partial charge in [0.2, 0.25) is 0 Å². The highest BCUT2D eigenvalue weighted by Crippen LogP contribution is 2.27. The van der Waals surface area contributed by atoms with E-state index in [1.807, 2.05) is 6.07 Å². The summed E-state index contributed by atoms with van der Waals surface area (Å²) in [7, 11) is 1.63. The minimum absolute atomic E-state index is 0.601. The smallest absolute Gasteiger partial charge is 0.170 e. The van der Waals surface area contributed by atoms with Crippen molar-refractivity contribution in [2.24, 2.45) is 0 Å². The van der Waals surface area contributed by atoms with Gasteiger partial charge in [-0.15, -0.1) is 0 Å². The van der Waals surface area contributed by atoms with Gasteiger partial charge in [0.1, 0.15) is 5.75 Å². The molecule has 0 heterocycles. The molecule has 118 valence electrons. The summed E-state index contributed by atoms with van der Waals surface area (Å²) in [6.45, 7) is 3.12. The van der Waals surface area contributed by atoms with Crippen LogP contribution in [0.2, 0.25) is 5.02 Å². The van der Waals surface area contributed by atoms with Crippen molar-refractivity contribution in [2.75, 3.05) is 19.0 Å². The molecule has 0 amide bonds. The molecule has 0 saturated heterocycles. The maximum atomic E-state index is 5.99. The zero-order chi connectivity index (χ0) is 15.5. The first-order valence-electron chi connectivity index (χ1n) is 7.55. The van der Waals surface area contributed by atoms with Gasteiger partial charge >= 0.3 is 0 Å². The normalized spacial score (nSPS) is 10.2. The van der Waals surface area contributed by atoms with Crippen LogP contribution in [0.3, 0.4) is 0 Å². The van der Waals surface area contributed by atoms with Crippen LogP contribution in [-0.2, 0) is 0 Å². The van der Waals surface area contributed by atoms with Gasteiger partial charge in [-0.25, -0.2) is 0 Å². The predicted octanol–water partition coefficient (Wildman–Crippen LogP) is 5.00. The van der Waals surface area contributed by atoms with Crippen LogP contribution in [0.15, 0.2) is 18.2 Å². The molecule has 0 unspecified atom stereocenters. The van der Waals surface area contributed by atoms with E-state index in [0.29, 0.717) is 10.1 Å². The minimum atomic E-state index is 0.601. The van der Waals surface area contributed by atoms with Crippen molar-refractivity contribution in [3.63, 3.8) is 0 Å². The molecule has 1 rings (SSSR count). The van der Waals surface area contributed by atoms with E-state index in [0.717, 1.165) is 24.4 Å². The Morgan fingerprint density at radius 3 is 2.62 bits per heavy atom. The summed E-state index contributed by atoms with van der Waals surface area (Å²) in [5.41, 5.74) is 0.783. The van der Waals surface area contributed by atoms with Crippen LogP contribution in [0, 0.1) is 0 Å². The van der Waals surface area contributed by atoms with Crippen molar-refractivity contribution in [1.29, 1.82) is 0 Å². The molecular weight excluding hydrogens is 304 g/mol. The second-order valence-corrected chi connectivity index (χ2v) is 5.84. The Hall–Kier alpha value is -1.00. The van der Waals surface area contributed by atoms with Gasteiger partial charge in [0.25, 0.3) is 0 Å². The first-order valence-corrected chi connectivity index (χ1v) is 8.34. The molecule has 0 aliphatic rings. The summed E-state index contributed by atoms with van der Waals surface area (Å²) < 4.78 is 5.27. The fraction of sp³-hybridized carbons (Fsp3) is 0.562. The number of thiocarbonyl (C=S) groups is 1.